The van der Waals surface area contributed by atoms with Gasteiger partial charge in [-0.1, -0.05) is 0 Å². The molecule has 2 aromatic rings. The van der Waals surface area contributed by atoms with Crippen LogP contribution in [-0.2, 0) is 15.8 Å². The van der Waals surface area contributed by atoms with Gasteiger partial charge in [0.2, 0.25) is 0 Å². The summed E-state index contributed by atoms with van der Waals surface area (Å²) in [6, 6.07) is 0. The van der Waals surface area contributed by atoms with Gasteiger partial charge in [-0.15, -0.1) is 0 Å². The van der Waals surface area contributed by atoms with Crippen molar-refractivity contribution >= 4 is 24.6 Å². The van der Waals surface area contributed by atoms with Gasteiger partial charge in [0.15, 0.2) is 17.8 Å². The zero-order valence-electron chi connectivity index (χ0n) is 10.5. The van der Waals surface area contributed by atoms with E-state index < -0.39 is 19.5 Å². The lowest BCUT2D eigenvalue weighted by molar-refractivity contribution is -0.0806. The van der Waals surface area contributed by atoms with Crippen LogP contribution in [0.1, 0.15) is 0 Å². The Kier molecular flexibility index (Phi) is 4.02. The van der Waals surface area contributed by atoms with Crippen LogP contribution in [-0.4, -0.2) is 53.5 Å². The Balaban J connectivity index is 2.39. The Hall–Kier alpha value is -1.58. The van der Waals surface area contributed by atoms with Gasteiger partial charge in [0.25, 0.3) is 0 Å². The zero-order valence-corrected chi connectivity index (χ0v) is 11.4. The number of nitrogen functional groups attached to an aromatic ring is 1. The van der Waals surface area contributed by atoms with E-state index in [2.05, 4.69) is 19.7 Å². The molecule has 2 atom stereocenters. The molecule has 0 aliphatic heterocycles. The van der Waals surface area contributed by atoms with E-state index in [4.69, 9.17) is 5.73 Å². The molecule has 0 saturated heterocycles. The van der Waals surface area contributed by atoms with Crippen molar-refractivity contribution in [2.45, 2.75) is 18.5 Å². The minimum atomic E-state index is -4.58. The SMILES string of the molecule is COC(O)C(Cn1cnc2c(N)ncnc21)P(=O)(O)O. The number of aliphatic hydroxyl groups excluding tert-OH is 1. The third kappa shape index (κ3) is 2.79. The van der Waals surface area contributed by atoms with E-state index in [9.17, 15) is 19.5 Å². The van der Waals surface area contributed by atoms with Crippen molar-refractivity contribution in [1.82, 2.24) is 19.5 Å². The smallest absolute Gasteiger partial charge is 0.335 e. The minimum absolute atomic E-state index is 0.161. The van der Waals surface area contributed by atoms with Crippen molar-refractivity contribution in [2.24, 2.45) is 0 Å². The quantitative estimate of drug-likeness (QED) is 0.398. The van der Waals surface area contributed by atoms with Crippen LogP contribution in [0, 0.1) is 0 Å². The molecule has 0 aromatic carbocycles. The fourth-order valence-electron chi connectivity index (χ4n) is 1.75. The molecule has 0 spiro atoms. The van der Waals surface area contributed by atoms with Crippen LogP contribution in [0.2, 0.25) is 0 Å². The number of rotatable bonds is 5. The fourth-order valence-corrected chi connectivity index (χ4v) is 2.60. The maximum Gasteiger partial charge on any atom is 0.335 e. The fraction of sp³-hybridized carbons (Fsp3) is 0.444. The molecule has 0 aliphatic rings. The molecule has 11 heteroatoms. The van der Waals surface area contributed by atoms with Crippen molar-refractivity contribution in [3.63, 3.8) is 0 Å². The van der Waals surface area contributed by atoms with Crippen molar-refractivity contribution in [2.75, 3.05) is 12.8 Å². The molecule has 110 valence electrons. The van der Waals surface area contributed by atoms with Gasteiger partial charge in [-0.05, 0) is 0 Å². The lowest BCUT2D eigenvalue weighted by Gasteiger charge is -2.22. The summed E-state index contributed by atoms with van der Waals surface area (Å²) < 4.78 is 17.4. The highest BCUT2D eigenvalue weighted by Crippen LogP contribution is 2.44. The highest BCUT2D eigenvalue weighted by atomic mass is 31.2. The van der Waals surface area contributed by atoms with E-state index in [-0.39, 0.29) is 12.4 Å². The molecule has 5 N–H and O–H groups in total. The number of hydrogen-bond donors (Lipinski definition) is 4. The van der Waals surface area contributed by atoms with E-state index in [0.29, 0.717) is 11.2 Å². The number of methoxy groups -OCH3 is 1. The molecule has 20 heavy (non-hydrogen) atoms. The average Bonchev–Trinajstić information content (AvgIpc) is 2.78. The Morgan fingerprint density at radius 2 is 2.15 bits per heavy atom. The van der Waals surface area contributed by atoms with E-state index >= 15 is 0 Å². The lowest BCUT2D eigenvalue weighted by atomic mass is 10.4. The lowest BCUT2D eigenvalue weighted by Crippen LogP contribution is -2.32. The van der Waals surface area contributed by atoms with Gasteiger partial charge in [0.05, 0.1) is 6.33 Å². The van der Waals surface area contributed by atoms with Gasteiger partial charge in [0.1, 0.15) is 17.5 Å². The molecular weight excluding hydrogens is 289 g/mol. The first-order valence-corrected chi connectivity index (χ1v) is 7.20. The third-order valence-corrected chi connectivity index (χ3v) is 4.10. The highest BCUT2D eigenvalue weighted by molar-refractivity contribution is 7.52. The first-order chi connectivity index (χ1) is 9.34. The second-order valence-electron chi connectivity index (χ2n) is 4.11. The second-order valence-corrected chi connectivity index (χ2v) is 5.95. The molecule has 2 rings (SSSR count). The highest BCUT2D eigenvalue weighted by Gasteiger charge is 2.36. The van der Waals surface area contributed by atoms with Crippen molar-refractivity contribution in [3.8, 4) is 0 Å². The van der Waals surface area contributed by atoms with Crippen LogP contribution in [0.25, 0.3) is 11.2 Å². The molecule has 0 fully saturated rings. The van der Waals surface area contributed by atoms with Crippen molar-refractivity contribution in [1.29, 1.82) is 0 Å². The summed E-state index contributed by atoms with van der Waals surface area (Å²) in [7, 11) is -3.43. The Morgan fingerprint density at radius 1 is 1.45 bits per heavy atom. The molecule has 2 aromatic heterocycles. The number of nitrogens with zero attached hydrogens (tertiary/aromatic N) is 4. The molecule has 0 aliphatic carbocycles. The van der Waals surface area contributed by atoms with Crippen LogP contribution in [0.15, 0.2) is 12.7 Å². The van der Waals surface area contributed by atoms with Crippen LogP contribution in [0.4, 0.5) is 5.82 Å². The summed E-state index contributed by atoms with van der Waals surface area (Å²) in [6.45, 7) is -0.230. The van der Waals surface area contributed by atoms with Gasteiger partial charge < -0.3 is 29.9 Å². The predicted octanol–water partition coefficient (Wildman–Crippen LogP) is -1.08. The van der Waals surface area contributed by atoms with Crippen LogP contribution in [0.3, 0.4) is 0 Å². The normalized spacial score (nSPS) is 15.4. The van der Waals surface area contributed by atoms with Gasteiger partial charge in [-0.3, -0.25) is 4.57 Å². The largest absolute Gasteiger partial charge is 0.382 e. The Labute approximate surface area is 113 Å². The number of anilines is 1. The molecule has 0 amide bonds. The summed E-state index contributed by atoms with van der Waals surface area (Å²) >= 11 is 0. The average molecular weight is 303 g/mol. The monoisotopic (exact) mass is 303 g/mol. The van der Waals surface area contributed by atoms with E-state index in [1.54, 1.807) is 0 Å². The number of imidazole rings is 1. The van der Waals surface area contributed by atoms with E-state index in [0.717, 1.165) is 7.11 Å². The number of aromatic nitrogens is 4. The van der Waals surface area contributed by atoms with Crippen molar-refractivity contribution < 1.29 is 24.2 Å². The van der Waals surface area contributed by atoms with Crippen molar-refractivity contribution in [3.05, 3.63) is 12.7 Å². The Bertz CT molecular complexity index is 655. The maximum absolute atomic E-state index is 11.4. The van der Waals surface area contributed by atoms with E-state index in [1.807, 2.05) is 0 Å². The molecule has 10 nitrogen and oxygen atoms in total. The van der Waals surface area contributed by atoms with Crippen LogP contribution < -0.4 is 5.73 Å². The van der Waals surface area contributed by atoms with Crippen LogP contribution >= 0.6 is 7.60 Å². The first kappa shape index (κ1) is 14.8. The Morgan fingerprint density at radius 3 is 2.75 bits per heavy atom. The maximum atomic E-state index is 11.4. The standard InChI is InChI=1S/C9H14N5O5P/c1-19-9(15)5(20(16,17)18)2-14-4-13-6-7(10)11-3-12-8(6)14/h3-5,9,15H,2H2,1H3,(H2,10,11,12)(H2,16,17,18). The van der Waals surface area contributed by atoms with Gasteiger partial charge in [0, 0.05) is 13.7 Å². The second kappa shape index (κ2) is 5.43. The van der Waals surface area contributed by atoms with E-state index in [1.165, 1.54) is 17.2 Å². The summed E-state index contributed by atoms with van der Waals surface area (Å²) in [4.78, 5) is 30.3. The van der Waals surface area contributed by atoms with Gasteiger partial charge in [-0.25, -0.2) is 15.0 Å². The number of nitrogens with two attached hydrogens (primary N) is 1. The summed E-state index contributed by atoms with van der Waals surface area (Å²) in [5.41, 5.74) is 4.82. The zero-order chi connectivity index (χ0) is 14.9. The first-order valence-electron chi connectivity index (χ1n) is 5.52. The third-order valence-electron chi connectivity index (χ3n) is 2.82. The predicted molar refractivity (Wildman–Crippen MR) is 68.6 cm³/mol. The molecular formula is C9H14N5O5P. The summed E-state index contributed by atoms with van der Waals surface area (Å²) in [6.07, 6.45) is 0.919. The molecule has 0 radical (unpaired) electrons. The minimum Gasteiger partial charge on any atom is -0.382 e. The number of hydrogen-bond acceptors (Lipinski definition) is 7. The molecule has 2 heterocycles. The topological polar surface area (TPSA) is 157 Å². The van der Waals surface area contributed by atoms with Gasteiger partial charge >= 0.3 is 7.60 Å². The summed E-state index contributed by atoms with van der Waals surface area (Å²) in [5, 5.41) is 9.57. The van der Waals surface area contributed by atoms with Gasteiger partial charge in [-0.2, -0.15) is 0 Å². The number of fused-ring (bicyclic) bond motifs is 1. The number of ether oxygens (including phenoxy) is 1. The number of aliphatic hydroxyl groups is 1. The molecule has 0 bridgehead atoms. The van der Waals surface area contributed by atoms with Crippen LogP contribution in [0.5, 0.6) is 0 Å². The summed E-state index contributed by atoms with van der Waals surface area (Å²) in [5.74, 6) is 0.161. The molecule has 0 saturated carbocycles. The molecule has 2 unspecified atom stereocenters.